The normalized spacial score (nSPS) is 14.6. The summed E-state index contributed by atoms with van der Waals surface area (Å²) in [6.07, 6.45) is -9.00. The van der Waals surface area contributed by atoms with E-state index >= 15 is 0 Å². The maximum atomic E-state index is 13.2. The molecule has 0 aromatic heterocycles. The molecule has 0 N–H and O–H groups in total. The van der Waals surface area contributed by atoms with Crippen LogP contribution >= 0.6 is 0 Å². The van der Waals surface area contributed by atoms with Gasteiger partial charge in [0.15, 0.2) is 0 Å². The van der Waals surface area contributed by atoms with Gasteiger partial charge in [0, 0.05) is 11.1 Å². The standard InChI is InChI=1S/C40H16F6N4/c1-49-35(19-47)37-31-15-23(21-3-9-25(10-4-21)39(41,42)43)7-13-27(31)29-18-34-30(17-33(29)37)28-14-8-24(16-32(28)38(34)36(20-48)50-2)22-5-11-26(12-6-22)40(44,45)46/h3-18H/b37-35-,38-36+. The summed E-state index contributed by atoms with van der Waals surface area (Å²) in [5.41, 5.74) is 5.55. The number of nitriles is 2. The highest BCUT2D eigenvalue weighted by atomic mass is 19.4. The fourth-order valence-corrected chi connectivity index (χ4v) is 6.57. The second-order valence-electron chi connectivity index (χ2n) is 11.5. The Morgan fingerprint density at radius 2 is 0.760 bits per heavy atom. The number of fused-ring (bicyclic) bond motifs is 6. The number of nitrogens with zero attached hydrogens (tertiary/aromatic N) is 4. The third-order valence-electron chi connectivity index (χ3n) is 8.85. The molecule has 238 valence electrons. The maximum absolute atomic E-state index is 13.2. The van der Waals surface area contributed by atoms with Gasteiger partial charge in [-0.1, -0.05) is 48.5 Å². The molecule has 0 radical (unpaired) electrons. The van der Waals surface area contributed by atoms with Crippen molar-refractivity contribution in [3.05, 3.63) is 165 Å². The molecular weight excluding hydrogens is 650 g/mol. The summed E-state index contributed by atoms with van der Waals surface area (Å²) < 4.78 is 79.2. The van der Waals surface area contributed by atoms with Crippen LogP contribution in [0, 0.1) is 35.8 Å². The summed E-state index contributed by atoms with van der Waals surface area (Å²) in [5.74, 6) is 0. The van der Waals surface area contributed by atoms with E-state index in [1.54, 1.807) is 48.5 Å². The van der Waals surface area contributed by atoms with Gasteiger partial charge >= 0.3 is 12.4 Å². The topological polar surface area (TPSA) is 56.3 Å². The molecule has 5 aromatic rings. The van der Waals surface area contributed by atoms with Crippen molar-refractivity contribution >= 4 is 11.1 Å². The smallest absolute Gasteiger partial charge is 0.226 e. The van der Waals surface area contributed by atoms with Gasteiger partial charge < -0.3 is 0 Å². The molecule has 10 heteroatoms. The first-order valence-electron chi connectivity index (χ1n) is 14.7. The molecule has 2 aliphatic carbocycles. The van der Waals surface area contributed by atoms with Gasteiger partial charge in [0.25, 0.3) is 11.4 Å². The Kier molecular flexibility index (Phi) is 7.21. The van der Waals surface area contributed by atoms with Crippen molar-refractivity contribution in [2.45, 2.75) is 12.4 Å². The summed E-state index contributed by atoms with van der Waals surface area (Å²) in [4.78, 5) is 6.96. The van der Waals surface area contributed by atoms with Crippen LogP contribution in [-0.4, -0.2) is 0 Å². The van der Waals surface area contributed by atoms with Crippen molar-refractivity contribution in [2.75, 3.05) is 0 Å². The minimum atomic E-state index is -4.50. The van der Waals surface area contributed by atoms with Gasteiger partial charge in [-0.3, -0.25) is 0 Å². The molecule has 0 saturated heterocycles. The predicted octanol–water partition coefficient (Wildman–Crippen LogP) is 11.4. The van der Waals surface area contributed by atoms with Crippen LogP contribution in [0.1, 0.15) is 33.4 Å². The van der Waals surface area contributed by atoms with Gasteiger partial charge in [0.2, 0.25) is 0 Å². The van der Waals surface area contributed by atoms with Crippen molar-refractivity contribution < 1.29 is 26.3 Å². The highest BCUT2D eigenvalue weighted by Gasteiger charge is 2.35. The van der Waals surface area contributed by atoms with Crippen LogP contribution < -0.4 is 0 Å². The van der Waals surface area contributed by atoms with Gasteiger partial charge in [0.05, 0.1) is 36.4 Å². The molecule has 0 amide bonds. The van der Waals surface area contributed by atoms with Crippen molar-refractivity contribution in [1.29, 1.82) is 10.5 Å². The van der Waals surface area contributed by atoms with E-state index in [0.717, 1.165) is 24.3 Å². The van der Waals surface area contributed by atoms with E-state index in [0.29, 0.717) is 77.9 Å². The second kappa shape index (κ2) is 11.4. The molecule has 0 saturated carbocycles. The molecule has 7 rings (SSSR count). The van der Waals surface area contributed by atoms with E-state index in [1.165, 1.54) is 24.3 Å². The van der Waals surface area contributed by atoms with E-state index in [-0.39, 0.29) is 11.4 Å². The highest BCUT2D eigenvalue weighted by Crippen LogP contribution is 2.54. The molecule has 5 aromatic carbocycles. The summed E-state index contributed by atoms with van der Waals surface area (Å²) in [5, 5.41) is 20.0. The van der Waals surface area contributed by atoms with E-state index in [4.69, 9.17) is 13.1 Å². The molecule has 4 nitrogen and oxygen atoms in total. The summed E-state index contributed by atoms with van der Waals surface area (Å²) in [6.45, 7) is 15.5. The maximum Gasteiger partial charge on any atom is 0.416 e. The highest BCUT2D eigenvalue weighted by molar-refractivity contribution is 6.11. The second-order valence-corrected chi connectivity index (χ2v) is 11.5. The Labute approximate surface area is 281 Å². The largest absolute Gasteiger partial charge is 0.416 e. The quantitative estimate of drug-likeness (QED) is 0.105. The summed E-state index contributed by atoms with van der Waals surface area (Å²) in [7, 11) is 0. The van der Waals surface area contributed by atoms with Crippen LogP contribution in [-0.2, 0) is 12.4 Å². The summed E-state index contributed by atoms with van der Waals surface area (Å²) in [6, 6.07) is 27.3. The van der Waals surface area contributed by atoms with Crippen LogP contribution in [0.15, 0.2) is 108 Å². The molecule has 0 unspecified atom stereocenters. The molecule has 0 spiro atoms. The van der Waals surface area contributed by atoms with E-state index in [2.05, 4.69) is 9.69 Å². The fraction of sp³-hybridized carbons (Fsp3) is 0.0500. The first-order chi connectivity index (χ1) is 23.9. The lowest BCUT2D eigenvalue weighted by molar-refractivity contribution is -0.138. The van der Waals surface area contributed by atoms with Crippen molar-refractivity contribution in [3.63, 3.8) is 0 Å². The first kappa shape index (κ1) is 31.7. The van der Waals surface area contributed by atoms with Gasteiger partial charge in [0.1, 0.15) is 0 Å². The molecular formula is C40H16F6N4. The van der Waals surface area contributed by atoms with E-state index in [1.807, 2.05) is 12.1 Å². The number of rotatable bonds is 2. The number of benzene rings is 5. The molecule has 0 bridgehead atoms. The van der Waals surface area contributed by atoms with Crippen LogP contribution in [0.25, 0.3) is 65.3 Å². The number of alkyl halides is 6. The van der Waals surface area contributed by atoms with Crippen molar-refractivity contribution in [1.82, 2.24) is 0 Å². The zero-order chi connectivity index (χ0) is 35.5. The third-order valence-corrected chi connectivity index (χ3v) is 8.85. The number of hydrogen-bond acceptors (Lipinski definition) is 2. The van der Waals surface area contributed by atoms with Crippen LogP contribution in [0.5, 0.6) is 0 Å². The first-order valence-corrected chi connectivity index (χ1v) is 14.7. The SMILES string of the molecule is [C-]#[N+]/C(C#N)=C1/c2cc(-c3ccc(C(F)(F)F)cc3)ccc2-c2cc3c(cc21)-c1ccc(-c2ccc(C(F)(F)F)cc2)cc1/C3=C(/C#N)[N+]#[C-]. The third kappa shape index (κ3) is 4.99. The van der Waals surface area contributed by atoms with Crippen LogP contribution in [0.4, 0.5) is 26.3 Å². The molecule has 0 heterocycles. The van der Waals surface area contributed by atoms with Crippen molar-refractivity contribution in [3.8, 4) is 56.6 Å². The van der Waals surface area contributed by atoms with Crippen LogP contribution in [0.2, 0.25) is 0 Å². The Morgan fingerprint density at radius 3 is 1.06 bits per heavy atom. The van der Waals surface area contributed by atoms with Crippen LogP contribution in [0.3, 0.4) is 0 Å². The fourth-order valence-electron chi connectivity index (χ4n) is 6.57. The lowest BCUT2D eigenvalue weighted by Gasteiger charge is -2.10. The van der Waals surface area contributed by atoms with Gasteiger partial charge in [-0.2, -0.15) is 26.3 Å². The molecule has 0 fully saturated rings. The Balaban J connectivity index is 1.41. The molecule has 0 atom stereocenters. The lowest BCUT2D eigenvalue weighted by Crippen LogP contribution is -2.03. The average molecular weight is 667 g/mol. The van der Waals surface area contributed by atoms with Gasteiger partial charge in [-0.15, -0.1) is 0 Å². The Bertz CT molecular complexity index is 2310. The number of hydrogen-bond donors (Lipinski definition) is 0. The Hall–Kier alpha value is -6.88. The Morgan fingerprint density at radius 1 is 0.440 bits per heavy atom. The minimum Gasteiger partial charge on any atom is -0.226 e. The number of halogens is 6. The zero-order valence-corrected chi connectivity index (χ0v) is 25.3. The minimum absolute atomic E-state index is 0.194. The average Bonchev–Trinajstić information content (AvgIpc) is 3.59. The molecule has 0 aliphatic heterocycles. The molecule has 50 heavy (non-hydrogen) atoms. The predicted molar refractivity (Wildman–Crippen MR) is 175 cm³/mol. The number of allylic oxidation sites excluding steroid dienone is 2. The van der Waals surface area contributed by atoms with Crippen molar-refractivity contribution in [2.24, 2.45) is 0 Å². The summed E-state index contributed by atoms with van der Waals surface area (Å²) >= 11 is 0. The van der Waals surface area contributed by atoms with Gasteiger partial charge in [-0.05, 0) is 115 Å². The lowest BCUT2D eigenvalue weighted by atomic mass is 9.95. The molecule has 2 aliphatic rings. The zero-order valence-electron chi connectivity index (χ0n) is 25.3. The monoisotopic (exact) mass is 666 g/mol. The van der Waals surface area contributed by atoms with Gasteiger partial charge in [-0.25, -0.2) is 20.2 Å². The van der Waals surface area contributed by atoms with E-state index in [9.17, 15) is 36.9 Å². The van der Waals surface area contributed by atoms with E-state index < -0.39 is 23.5 Å².